The van der Waals surface area contributed by atoms with Crippen LogP contribution >= 0.6 is 11.3 Å². The van der Waals surface area contributed by atoms with Crippen LogP contribution in [0.25, 0.3) is 0 Å². The Balaban J connectivity index is 1.53. The minimum atomic E-state index is -0.911. The zero-order valence-electron chi connectivity index (χ0n) is 12.7. The first-order chi connectivity index (χ1) is 11.1. The number of halogens is 2. The van der Waals surface area contributed by atoms with Crippen molar-refractivity contribution in [2.75, 3.05) is 18.5 Å². The summed E-state index contributed by atoms with van der Waals surface area (Å²) in [4.78, 5) is 2.52. The van der Waals surface area contributed by atoms with E-state index in [9.17, 15) is 8.78 Å². The molecule has 0 aliphatic carbocycles. The fourth-order valence-electron chi connectivity index (χ4n) is 3.06. The second kappa shape index (κ2) is 5.67. The molecule has 0 saturated carbocycles. The molecule has 0 saturated heterocycles. The first kappa shape index (κ1) is 14.8. The SMILES string of the molecule is Cc1cc2c(c(F)c1F)OCC(Cc1cc3c(s1)CCCO3)N2. The van der Waals surface area contributed by atoms with Gasteiger partial charge in [0.1, 0.15) is 12.4 Å². The summed E-state index contributed by atoms with van der Waals surface area (Å²) in [6, 6.07) is 3.72. The van der Waals surface area contributed by atoms with E-state index in [-0.39, 0.29) is 17.4 Å². The van der Waals surface area contributed by atoms with Crippen molar-refractivity contribution >= 4 is 17.0 Å². The third kappa shape index (κ3) is 2.65. The highest BCUT2D eigenvalue weighted by molar-refractivity contribution is 7.12. The van der Waals surface area contributed by atoms with Crippen molar-refractivity contribution in [2.45, 2.75) is 32.2 Å². The van der Waals surface area contributed by atoms with Gasteiger partial charge in [-0.05, 0) is 37.5 Å². The van der Waals surface area contributed by atoms with Crippen LogP contribution in [-0.2, 0) is 12.8 Å². The van der Waals surface area contributed by atoms with Gasteiger partial charge in [0, 0.05) is 16.2 Å². The number of fused-ring (bicyclic) bond motifs is 2. The van der Waals surface area contributed by atoms with Gasteiger partial charge in [-0.1, -0.05) is 0 Å². The zero-order valence-corrected chi connectivity index (χ0v) is 13.6. The Labute approximate surface area is 137 Å². The van der Waals surface area contributed by atoms with E-state index in [1.54, 1.807) is 24.3 Å². The van der Waals surface area contributed by atoms with Gasteiger partial charge in [-0.25, -0.2) is 4.39 Å². The van der Waals surface area contributed by atoms with E-state index in [4.69, 9.17) is 9.47 Å². The Morgan fingerprint density at radius 2 is 2.13 bits per heavy atom. The molecule has 0 fully saturated rings. The molecule has 1 aromatic heterocycles. The predicted octanol–water partition coefficient (Wildman–Crippen LogP) is 4.08. The largest absolute Gasteiger partial charge is 0.492 e. The Morgan fingerprint density at radius 1 is 1.26 bits per heavy atom. The van der Waals surface area contributed by atoms with Crippen LogP contribution in [0.5, 0.6) is 11.5 Å². The average Bonchev–Trinajstić information content (AvgIpc) is 2.95. The number of ether oxygens (including phenoxy) is 2. The Morgan fingerprint density at radius 3 is 2.96 bits per heavy atom. The Bertz CT molecular complexity index is 736. The van der Waals surface area contributed by atoms with Gasteiger partial charge in [0.05, 0.1) is 18.3 Å². The fourth-order valence-corrected chi connectivity index (χ4v) is 4.29. The van der Waals surface area contributed by atoms with Gasteiger partial charge in [-0.2, -0.15) is 4.39 Å². The zero-order chi connectivity index (χ0) is 16.0. The molecule has 1 N–H and O–H groups in total. The summed E-state index contributed by atoms with van der Waals surface area (Å²) >= 11 is 1.76. The van der Waals surface area contributed by atoms with Crippen LogP contribution in [0.1, 0.15) is 21.7 Å². The lowest BCUT2D eigenvalue weighted by molar-refractivity contribution is 0.265. The smallest absolute Gasteiger partial charge is 0.203 e. The van der Waals surface area contributed by atoms with E-state index >= 15 is 0 Å². The number of rotatable bonds is 2. The van der Waals surface area contributed by atoms with Crippen molar-refractivity contribution in [3.8, 4) is 11.5 Å². The molecule has 23 heavy (non-hydrogen) atoms. The van der Waals surface area contributed by atoms with Gasteiger partial charge >= 0.3 is 0 Å². The number of hydrogen-bond acceptors (Lipinski definition) is 4. The summed E-state index contributed by atoms with van der Waals surface area (Å²) in [6.07, 6.45) is 2.91. The topological polar surface area (TPSA) is 30.5 Å². The van der Waals surface area contributed by atoms with Crippen molar-refractivity contribution in [3.63, 3.8) is 0 Å². The minimum Gasteiger partial charge on any atom is -0.492 e. The normalized spacial score (nSPS) is 19.2. The molecule has 2 aromatic rings. The van der Waals surface area contributed by atoms with Crippen molar-refractivity contribution in [1.82, 2.24) is 0 Å². The van der Waals surface area contributed by atoms with Gasteiger partial charge in [-0.3, -0.25) is 0 Å². The molecule has 3 nitrogen and oxygen atoms in total. The maximum atomic E-state index is 13.9. The number of thiophene rings is 1. The van der Waals surface area contributed by atoms with Gasteiger partial charge in [0.15, 0.2) is 11.6 Å². The van der Waals surface area contributed by atoms with Crippen LogP contribution in [0.2, 0.25) is 0 Å². The van der Waals surface area contributed by atoms with Crippen LogP contribution in [0.15, 0.2) is 12.1 Å². The van der Waals surface area contributed by atoms with E-state index in [1.807, 2.05) is 0 Å². The van der Waals surface area contributed by atoms with Crippen LogP contribution in [0, 0.1) is 18.6 Å². The van der Waals surface area contributed by atoms with Crippen LogP contribution < -0.4 is 14.8 Å². The first-order valence-electron chi connectivity index (χ1n) is 7.74. The summed E-state index contributed by atoms with van der Waals surface area (Å²) in [7, 11) is 0. The highest BCUT2D eigenvalue weighted by Gasteiger charge is 2.26. The first-order valence-corrected chi connectivity index (χ1v) is 8.56. The third-order valence-corrected chi connectivity index (χ3v) is 5.41. The van der Waals surface area contributed by atoms with Crippen molar-refractivity contribution in [1.29, 1.82) is 0 Å². The van der Waals surface area contributed by atoms with E-state index in [1.165, 1.54) is 9.75 Å². The lowest BCUT2D eigenvalue weighted by atomic mass is 10.1. The summed E-state index contributed by atoms with van der Waals surface area (Å²) in [5.74, 6) is -0.770. The Kier molecular flexibility index (Phi) is 3.64. The van der Waals surface area contributed by atoms with E-state index in [0.717, 1.165) is 31.6 Å². The van der Waals surface area contributed by atoms with Crippen molar-refractivity contribution < 1.29 is 18.3 Å². The number of hydrogen-bond donors (Lipinski definition) is 1. The van der Waals surface area contributed by atoms with Crippen LogP contribution in [-0.4, -0.2) is 19.3 Å². The molecule has 2 aliphatic heterocycles. The maximum Gasteiger partial charge on any atom is 0.203 e. The molecule has 0 spiro atoms. The van der Waals surface area contributed by atoms with Gasteiger partial charge in [0.25, 0.3) is 0 Å². The van der Waals surface area contributed by atoms with Crippen molar-refractivity contribution in [2.24, 2.45) is 0 Å². The number of aryl methyl sites for hydroxylation is 2. The third-order valence-electron chi connectivity index (χ3n) is 4.21. The molecule has 1 aromatic carbocycles. The molecule has 6 heteroatoms. The van der Waals surface area contributed by atoms with Crippen molar-refractivity contribution in [3.05, 3.63) is 39.1 Å². The van der Waals surface area contributed by atoms with Crippen LogP contribution in [0.4, 0.5) is 14.5 Å². The molecule has 1 atom stereocenters. The predicted molar refractivity (Wildman–Crippen MR) is 85.8 cm³/mol. The van der Waals surface area contributed by atoms with Gasteiger partial charge in [0.2, 0.25) is 5.82 Å². The summed E-state index contributed by atoms with van der Waals surface area (Å²) in [6.45, 7) is 2.65. The molecular weight excluding hydrogens is 320 g/mol. The molecule has 122 valence electrons. The maximum absolute atomic E-state index is 13.9. The molecule has 0 bridgehead atoms. The lowest BCUT2D eigenvalue weighted by Gasteiger charge is -2.28. The Hall–Kier alpha value is -1.82. The number of benzene rings is 1. The van der Waals surface area contributed by atoms with Crippen LogP contribution in [0.3, 0.4) is 0 Å². The van der Waals surface area contributed by atoms with E-state index < -0.39 is 11.6 Å². The highest BCUT2D eigenvalue weighted by atomic mass is 32.1. The van der Waals surface area contributed by atoms with Gasteiger partial charge < -0.3 is 14.8 Å². The molecule has 0 amide bonds. The minimum absolute atomic E-state index is 0.0156. The van der Waals surface area contributed by atoms with Gasteiger partial charge in [-0.15, -0.1) is 11.3 Å². The summed E-state index contributed by atoms with van der Waals surface area (Å²) < 4.78 is 38.6. The summed E-state index contributed by atoms with van der Waals surface area (Å²) in [5.41, 5.74) is 0.799. The molecule has 1 unspecified atom stereocenters. The summed E-state index contributed by atoms with van der Waals surface area (Å²) in [5, 5.41) is 3.27. The number of nitrogens with one attached hydrogen (secondary N) is 1. The molecule has 4 rings (SSSR count). The monoisotopic (exact) mass is 337 g/mol. The van der Waals surface area contributed by atoms with E-state index in [0.29, 0.717) is 12.3 Å². The molecular formula is C17H17F2NO2S. The molecule has 2 aliphatic rings. The molecule has 3 heterocycles. The standard InChI is InChI=1S/C17H17F2NO2S/c1-9-5-12-17(16(19)15(9)18)22-8-10(20-12)6-11-7-13-14(23-11)3-2-4-21-13/h5,7,10,20H,2-4,6,8H2,1H3. The quantitative estimate of drug-likeness (QED) is 0.896. The lowest BCUT2D eigenvalue weighted by Crippen LogP contribution is -2.33. The van der Waals surface area contributed by atoms with E-state index in [2.05, 4.69) is 11.4 Å². The fraction of sp³-hybridized carbons (Fsp3) is 0.412. The molecule has 0 radical (unpaired) electrons. The second-order valence-electron chi connectivity index (χ2n) is 6.01. The average molecular weight is 337 g/mol. The number of anilines is 1. The highest BCUT2D eigenvalue weighted by Crippen LogP contribution is 2.37. The second-order valence-corrected chi connectivity index (χ2v) is 7.23.